The fraction of sp³-hybridized carbons (Fsp3) is 0.864. The summed E-state index contributed by atoms with van der Waals surface area (Å²) < 4.78 is 10.1. The summed E-state index contributed by atoms with van der Waals surface area (Å²) in [6.45, 7) is 4.38. The molecule has 2 aliphatic rings. The minimum absolute atomic E-state index is 0.173. The number of methoxy groups -OCH3 is 1. The molecule has 1 heterocycles. The fourth-order valence-electron chi connectivity index (χ4n) is 4.28. The van der Waals surface area contributed by atoms with E-state index in [0.717, 1.165) is 6.42 Å². The molecule has 172 valence electrons. The molecule has 2 rings (SSSR count). The highest BCUT2D eigenvalue weighted by atomic mass is 32.2. The lowest BCUT2D eigenvalue weighted by Crippen LogP contribution is -2.54. The second-order valence-corrected chi connectivity index (χ2v) is 9.54. The molecule has 1 saturated carbocycles. The van der Waals surface area contributed by atoms with Gasteiger partial charge in [-0.15, -0.1) is 0 Å². The van der Waals surface area contributed by atoms with Gasteiger partial charge >= 0.3 is 11.9 Å². The number of rotatable bonds is 9. The Balaban J connectivity index is 1.95. The summed E-state index contributed by atoms with van der Waals surface area (Å²) in [4.78, 5) is 39.1. The van der Waals surface area contributed by atoms with Gasteiger partial charge in [0.1, 0.15) is 12.1 Å². The molecule has 1 N–H and O–H groups in total. The molecule has 30 heavy (non-hydrogen) atoms. The third-order valence-corrected chi connectivity index (χ3v) is 7.42. The van der Waals surface area contributed by atoms with Crippen molar-refractivity contribution in [1.29, 1.82) is 0 Å². The molecule has 1 amide bonds. The number of carbonyl (C=O) groups excluding carboxylic acids is 3. The highest BCUT2D eigenvalue weighted by Crippen LogP contribution is 2.27. The van der Waals surface area contributed by atoms with E-state index in [2.05, 4.69) is 5.32 Å². The molecular formula is C22H38N2O5S. The molecule has 3 atom stereocenters. The average Bonchev–Trinajstić information content (AvgIpc) is 3.20. The van der Waals surface area contributed by atoms with E-state index in [1.165, 1.54) is 52.1 Å². The van der Waals surface area contributed by atoms with Crippen molar-refractivity contribution in [2.75, 3.05) is 26.0 Å². The SMILES string of the molecule is CCOC(=O)[C@H](CSC1CCCCCCC1)N[C@@H](C)C(=O)N1CCC[C@H]1C(=O)OC. The summed E-state index contributed by atoms with van der Waals surface area (Å²) in [5.41, 5.74) is 0. The van der Waals surface area contributed by atoms with E-state index in [0.29, 0.717) is 30.6 Å². The summed E-state index contributed by atoms with van der Waals surface area (Å²) in [5, 5.41) is 3.74. The minimum Gasteiger partial charge on any atom is -0.467 e. The maximum absolute atomic E-state index is 13.0. The van der Waals surface area contributed by atoms with Crippen LogP contribution in [0.4, 0.5) is 0 Å². The molecule has 0 bridgehead atoms. The zero-order valence-electron chi connectivity index (χ0n) is 18.7. The van der Waals surface area contributed by atoms with Crippen LogP contribution in [0.1, 0.15) is 71.6 Å². The van der Waals surface area contributed by atoms with Crippen LogP contribution < -0.4 is 5.32 Å². The molecule has 1 aliphatic carbocycles. The Hall–Kier alpha value is -1.28. The number of nitrogens with one attached hydrogen (secondary N) is 1. The van der Waals surface area contributed by atoms with Crippen molar-refractivity contribution in [3.05, 3.63) is 0 Å². The Morgan fingerprint density at radius 3 is 2.37 bits per heavy atom. The summed E-state index contributed by atoms with van der Waals surface area (Å²) in [7, 11) is 1.34. The lowest BCUT2D eigenvalue weighted by atomic mass is 10.0. The van der Waals surface area contributed by atoms with Crippen LogP contribution in [0.15, 0.2) is 0 Å². The third-order valence-electron chi connectivity index (χ3n) is 5.95. The van der Waals surface area contributed by atoms with E-state index in [1.54, 1.807) is 18.7 Å². The monoisotopic (exact) mass is 442 g/mol. The Morgan fingerprint density at radius 1 is 1.07 bits per heavy atom. The summed E-state index contributed by atoms with van der Waals surface area (Å²) in [5.74, 6) is -0.286. The first-order valence-corrected chi connectivity index (χ1v) is 12.4. The van der Waals surface area contributed by atoms with Crippen molar-refractivity contribution < 1.29 is 23.9 Å². The zero-order valence-corrected chi connectivity index (χ0v) is 19.5. The first-order valence-electron chi connectivity index (χ1n) is 11.4. The van der Waals surface area contributed by atoms with Gasteiger partial charge in [0.25, 0.3) is 0 Å². The smallest absolute Gasteiger partial charge is 0.328 e. The number of esters is 2. The lowest BCUT2D eigenvalue weighted by molar-refractivity contribution is -0.152. The Bertz CT molecular complexity index is 566. The lowest BCUT2D eigenvalue weighted by Gasteiger charge is -2.29. The summed E-state index contributed by atoms with van der Waals surface area (Å²) >= 11 is 1.81. The van der Waals surface area contributed by atoms with Gasteiger partial charge in [-0.3, -0.25) is 14.9 Å². The molecule has 2 fully saturated rings. The van der Waals surface area contributed by atoms with Gasteiger partial charge in [0, 0.05) is 17.5 Å². The van der Waals surface area contributed by atoms with Gasteiger partial charge in [0.15, 0.2) is 0 Å². The second-order valence-electron chi connectivity index (χ2n) is 8.21. The molecule has 0 aromatic rings. The van der Waals surface area contributed by atoms with Crippen LogP contribution in [0.5, 0.6) is 0 Å². The number of carbonyl (C=O) groups is 3. The number of thioether (sulfide) groups is 1. The molecule has 0 unspecified atom stereocenters. The maximum atomic E-state index is 13.0. The maximum Gasteiger partial charge on any atom is 0.328 e. The quantitative estimate of drug-likeness (QED) is 0.550. The predicted octanol–water partition coefficient (Wildman–Crippen LogP) is 2.91. The fourth-order valence-corrected chi connectivity index (χ4v) is 5.64. The van der Waals surface area contributed by atoms with Crippen LogP contribution in [0.25, 0.3) is 0 Å². The van der Waals surface area contributed by atoms with Crippen molar-refractivity contribution in [1.82, 2.24) is 10.2 Å². The Kier molecular flexibility index (Phi) is 11.0. The highest BCUT2D eigenvalue weighted by molar-refractivity contribution is 7.99. The van der Waals surface area contributed by atoms with Gasteiger partial charge < -0.3 is 14.4 Å². The van der Waals surface area contributed by atoms with Gasteiger partial charge in [-0.2, -0.15) is 11.8 Å². The molecule has 8 heteroatoms. The normalized spacial score (nSPS) is 22.6. The van der Waals surface area contributed by atoms with Crippen molar-refractivity contribution in [2.45, 2.75) is 95.0 Å². The molecule has 0 radical (unpaired) electrons. The van der Waals surface area contributed by atoms with Crippen LogP contribution in [0.2, 0.25) is 0 Å². The standard InChI is InChI=1S/C22H38N2O5S/c1-4-29-21(26)18(15-30-17-11-8-6-5-7-9-12-17)23-16(2)20(25)24-14-10-13-19(24)22(27)28-3/h16-19,23H,4-15H2,1-3H3/t16-,18-,19-/m0/s1. The van der Waals surface area contributed by atoms with E-state index >= 15 is 0 Å². The van der Waals surface area contributed by atoms with E-state index in [9.17, 15) is 14.4 Å². The van der Waals surface area contributed by atoms with Crippen LogP contribution in [-0.2, 0) is 23.9 Å². The van der Waals surface area contributed by atoms with Crippen molar-refractivity contribution in [3.63, 3.8) is 0 Å². The summed E-state index contributed by atoms with van der Waals surface area (Å²) in [6.07, 6.45) is 10.2. The van der Waals surface area contributed by atoms with E-state index in [4.69, 9.17) is 9.47 Å². The van der Waals surface area contributed by atoms with Crippen LogP contribution in [0.3, 0.4) is 0 Å². The molecule has 1 saturated heterocycles. The Labute approximate surface area is 185 Å². The third kappa shape index (κ3) is 7.45. The van der Waals surface area contributed by atoms with Crippen LogP contribution in [-0.4, -0.2) is 72.1 Å². The second kappa shape index (κ2) is 13.2. The van der Waals surface area contributed by atoms with Crippen LogP contribution in [0, 0.1) is 0 Å². The van der Waals surface area contributed by atoms with Gasteiger partial charge in [-0.1, -0.05) is 32.1 Å². The molecule has 0 spiro atoms. The van der Waals surface area contributed by atoms with Gasteiger partial charge in [-0.25, -0.2) is 4.79 Å². The topological polar surface area (TPSA) is 84.9 Å². The van der Waals surface area contributed by atoms with E-state index in [-0.39, 0.29) is 17.8 Å². The zero-order chi connectivity index (χ0) is 21.9. The molecule has 0 aromatic heterocycles. The van der Waals surface area contributed by atoms with Gasteiger partial charge in [0.2, 0.25) is 5.91 Å². The number of amides is 1. The van der Waals surface area contributed by atoms with E-state index < -0.39 is 18.1 Å². The number of hydrogen-bond donors (Lipinski definition) is 1. The molecule has 7 nitrogen and oxygen atoms in total. The number of likely N-dealkylation sites (tertiary alicyclic amines) is 1. The summed E-state index contributed by atoms with van der Waals surface area (Å²) in [6, 6.07) is -1.65. The number of nitrogens with zero attached hydrogens (tertiary/aromatic N) is 1. The average molecular weight is 443 g/mol. The first kappa shape index (κ1) is 25.0. The highest BCUT2D eigenvalue weighted by Gasteiger charge is 2.37. The van der Waals surface area contributed by atoms with E-state index in [1.807, 2.05) is 11.8 Å². The number of ether oxygens (including phenoxy) is 2. The minimum atomic E-state index is -0.581. The van der Waals surface area contributed by atoms with Crippen molar-refractivity contribution in [3.8, 4) is 0 Å². The molecule has 1 aliphatic heterocycles. The molecular weight excluding hydrogens is 404 g/mol. The first-order chi connectivity index (χ1) is 14.5. The van der Waals surface area contributed by atoms with Gasteiger partial charge in [-0.05, 0) is 39.5 Å². The van der Waals surface area contributed by atoms with Crippen molar-refractivity contribution in [2.24, 2.45) is 0 Å². The number of hydrogen-bond acceptors (Lipinski definition) is 7. The van der Waals surface area contributed by atoms with Crippen molar-refractivity contribution >= 4 is 29.6 Å². The Morgan fingerprint density at radius 2 is 1.73 bits per heavy atom. The predicted molar refractivity (Wildman–Crippen MR) is 118 cm³/mol. The van der Waals surface area contributed by atoms with Gasteiger partial charge in [0.05, 0.1) is 19.8 Å². The molecule has 0 aromatic carbocycles. The van der Waals surface area contributed by atoms with Crippen LogP contribution >= 0.6 is 11.8 Å². The largest absolute Gasteiger partial charge is 0.467 e.